The van der Waals surface area contributed by atoms with Gasteiger partial charge in [0.05, 0.1) is 27.4 Å². The van der Waals surface area contributed by atoms with Gasteiger partial charge < -0.3 is 28.7 Å². The highest BCUT2D eigenvalue weighted by Crippen LogP contribution is 2.24. The van der Waals surface area contributed by atoms with Gasteiger partial charge in [-0.2, -0.15) is 0 Å². The maximum absolute atomic E-state index is 12.0. The lowest BCUT2D eigenvalue weighted by molar-refractivity contribution is -0.148. The van der Waals surface area contributed by atoms with Crippen LogP contribution in [0.2, 0.25) is 0 Å². The van der Waals surface area contributed by atoms with Gasteiger partial charge in [-0.15, -0.1) is 0 Å². The van der Waals surface area contributed by atoms with Gasteiger partial charge in [0, 0.05) is 11.1 Å². The number of amides is 1. The molecule has 0 fully saturated rings. The van der Waals surface area contributed by atoms with E-state index in [0.717, 1.165) is 11.3 Å². The van der Waals surface area contributed by atoms with Crippen molar-refractivity contribution in [3.63, 3.8) is 0 Å². The number of aryl methyl sites for hydroxylation is 1. The number of nitrogens with one attached hydrogen (secondary N) is 1. The molecular weight excluding hydrogens is 508 g/mol. The standard InChI is InChI=1S/C14H17NO5.C14H15NO4/c1-4-20-14(18)12(9(2)16)15-13(17)10-5-7-11(19-3)8-6-10;1-4-18-14(16)12-9(2)19-13(15-12)10-5-7-11(17-3)8-6-10/h5-8,12H,4H2,1-3H3,(H,15,17);5-8H,4H2,1-3H3. The third kappa shape index (κ3) is 8.70. The number of oxazole rings is 1. The summed E-state index contributed by atoms with van der Waals surface area (Å²) < 4.78 is 25.2. The van der Waals surface area contributed by atoms with E-state index in [4.69, 9.17) is 23.4 Å². The fourth-order valence-electron chi connectivity index (χ4n) is 3.15. The maximum atomic E-state index is 12.0. The fourth-order valence-corrected chi connectivity index (χ4v) is 3.15. The molecule has 39 heavy (non-hydrogen) atoms. The number of benzene rings is 2. The van der Waals surface area contributed by atoms with E-state index in [9.17, 15) is 19.2 Å². The lowest BCUT2D eigenvalue weighted by Crippen LogP contribution is -2.46. The van der Waals surface area contributed by atoms with Gasteiger partial charge in [0.1, 0.15) is 17.3 Å². The summed E-state index contributed by atoms with van der Waals surface area (Å²) in [5.41, 5.74) is 1.31. The molecule has 0 aliphatic carbocycles. The van der Waals surface area contributed by atoms with Crippen molar-refractivity contribution in [2.45, 2.75) is 33.7 Å². The third-order valence-electron chi connectivity index (χ3n) is 5.16. The molecule has 1 unspecified atom stereocenters. The number of carbonyl (C=O) groups is 4. The van der Waals surface area contributed by atoms with Crippen LogP contribution in [0.4, 0.5) is 0 Å². The Hall–Kier alpha value is -4.67. The molecule has 0 radical (unpaired) electrons. The molecule has 1 heterocycles. The predicted molar refractivity (Wildman–Crippen MR) is 141 cm³/mol. The lowest BCUT2D eigenvalue weighted by atomic mass is 10.1. The van der Waals surface area contributed by atoms with E-state index in [-0.39, 0.29) is 12.3 Å². The monoisotopic (exact) mass is 540 g/mol. The topological polar surface area (TPSA) is 143 Å². The Labute approximate surface area is 226 Å². The van der Waals surface area contributed by atoms with E-state index in [1.54, 1.807) is 52.1 Å². The largest absolute Gasteiger partial charge is 0.497 e. The fraction of sp³-hybridized carbons (Fsp3) is 0.321. The highest BCUT2D eigenvalue weighted by molar-refractivity contribution is 6.07. The second-order valence-corrected chi connectivity index (χ2v) is 7.87. The molecule has 0 saturated carbocycles. The first-order valence-corrected chi connectivity index (χ1v) is 12.1. The van der Waals surface area contributed by atoms with Crippen molar-refractivity contribution in [3.05, 3.63) is 65.5 Å². The van der Waals surface area contributed by atoms with Crippen molar-refractivity contribution in [2.24, 2.45) is 0 Å². The van der Waals surface area contributed by atoms with Crippen LogP contribution in [0.1, 0.15) is 47.4 Å². The first kappa shape index (κ1) is 30.6. The molecule has 1 atom stereocenters. The van der Waals surface area contributed by atoms with Gasteiger partial charge in [0.25, 0.3) is 5.91 Å². The van der Waals surface area contributed by atoms with Crippen LogP contribution in [0.15, 0.2) is 52.9 Å². The van der Waals surface area contributed by atoms with Crippen molar-refractivity contribution in [1.82, 2.24) is 10.3 Å². The summed E-state index contributed by atoms with van der Waals surface area (Å²) in [7, 11) is 3.12. The summed E-state index contributed by atoms with van der Waals surface area (Å²) >= 11 is 0. The summed E-state index contributed by atoms with van der Waals surface area (Å²) in [4.78, 5) is 50.7. The zero-order chi connectivity index (χ0) is 28.9. The van der Waals surface area contributed by atoms with Gasteiger partial charge in [-0.05, 0) is 76.2 Å². The van der Waals surface area contributed by atoms with Crippen molar-refractivity contribution in [1.29, 1.82) is 0 Å². The van der Waals surface area contributed by atoms with Crippen LogP contribution in [-0.4, -0.2) is 62.1 Å². The Morgan fingerprint density at radius 3 is 1.90 bits per heavy atom. The zero-order valence-corrected chi connectivity index (χ0v) is 22.7. The second-order valence-electron chi connectivity index (χ2n) is 7.87. The van der Waals surface area contributed by atoms with Gasteiger partial charge in [-0.3, -0.25) is 9.59 Å². The number of nitrogens with zero attached hydrogens (tertiary/aromatic N) is 1. The number of aromatic nitrogens is 1. The zero-order valence-electron chi connectivity index (χ0n) is 22.7. The van der Waals surface area contributed by atoms with E-state index in [1.165, 1.54) is 26.2 Å². The summed E-state index contributed by atoms with van der Waals surface area (Å²) in [6.07, 6.45) is 0. The Kier molecular flexibility index (Phi) is 11.7. The van der Waals surface area contributed by atoms with Crippen molar-refractivity contribution in [2.75, 3.05) is 27.4 Å². The van der Waals surface area contributed by atoms with Crippen LogP contribution in [0.25, 0.3) is 11.5 Å². The van der Waals surface area contributed by atoms with E-state index < -0.39 is 29.7 Å². The molecule has 3 aromatic rings. The molecule has 1 N–H and O–H groups in total. The molecule has 0 aliphatic heterocycles. The number of carbonyl (C=O) groups excluding carboxylic acids is 4. The van der Waals surface area contributed by atoms with Crippen LogP contribution in [0.5, 0.6) is 11.5 Å². The van der Waals surface area contributed by atoms with Crippen LogP contribution < -0.4 is 14.8 Å². The molecule has 11 nitrogen and oxygen atoms in total. The van der Waals surface area contributed by atoms with Crippen LogP contribution in [0.3, 0.4) is 0 Å². The normalized spacial score (nSPS) is 10.8. The number of ketones is 1. The molecular formula is C28H32N2O9. The Balaban J connectivity index is 0.000000274. The lowest BCUT2D eigenvalue weighted by Gasteiger charge is -2.14. The van der Waals surface area contributed by atoms with Crippen molar-refractivity contribution in [3.8, 4) is 23.0 Å². The molecule has 0 aliphatic rings. The average Bonchev–Trinajstić information content (AvgIpc) is 3.33. The summed E-state index contributed by atoms with van der Waals surface area (Å²) in [6.45, 7) is 6.73. The van der Waals surface area contributed by atoms with E-state index in [0.29, 0.717) is 29.6 Å². The van der Waals surface area contributed by atoms with Crippen LogP contribution in [0, 0.1) is 6.92 Å². The Bertz CT molecular complexity index is 1270. The van der Waals surface area contributed by atoms with Gasteiger partial charge in [0.2, 0.25) is 5.89 Å². The molecule has 208 valence electrons. The number of hydrogen-bond donors (Lipinski definition) is 1. The number of Topliss-reactive ketones (excluding diaryl/α,β-unsaturated/α-hetero) is 1. The number of esters is 2. The molecule has 1 amide bonds. The molecule has 2 aromatic carbocycles. The van der Waals surface area contributed by atoms with Crippen molar-refractivity contribution >= 4 is 23.6 Å². The molecule has 1 aromatic heterocycles. The van der Waals surface area contributed by atoms with Crippen molar-refractivity contribution < 1.29 is 42.5 Å². The number of methoxy groups -OCH3 is 2. The smallest absolute Gasteiger partial charge is 0.360 e. The summed E-state index contributed by atoms with van der Waals surface area (Å²) in [5.74, 6) is -0.0447. The summed E-state index contributed by atoms with van der Waals surface area (Å²) in [6, 6.07) is 12.3. The van der Waals surface area contributed by atoms with Gasteiger partial charge in [-0.1, -0.05) is 0 Å². The molecule has 0 bridgehead atoms. The first-order valence-electron chi connectivity index (χ1n) is 12.1. The highest BCUT2D eigenvalue weighted by atomic mass is 16.5. The molecule has 11 heteroatoms. The maximum Gasteiger partial charge on any atom is 0.360 e. The first-order chi connectivity index (χ1) is 18.6. The number of hydrogen-bond acceptors (Lipinski definition) is 10. The number of ether oxygens (including phenoxy) is 4. The second kappa shape index (κ2) is 14.9. The minimum atomic E-state index is -1.29. The third-order valence-corrected chi connectivity index (χ3v) is 5.16. The van der Waals surface area contributed by atoms with E-state index in [1.807, 2.05) is 12.1 Å². The van der Waals surface area contributed by atoms with Crippen LogP contribution in [-0.2, 0) is 19.1 Å². The molecule has 3 rings (SSSR count). The molecule has 0 saturated heterocycles. The van der Waals surface area contributed by atoms with E-state index >= 15 is 0 Å². The minimum absolute atomic E-state index is 0.140. The van der Waals surface area contributed by atoms with Crippen LogP contribution >= 0.6 is 0 Å². The minimum Gasteiger partial charge on any atom is -0.497 e. The molecule has 0 spiro atoms. The Morgan fingerprint density at radius 2 is 1.41 bits per heavy atom. The highest BCUT2D eigenvalue weighted by Gasteiger charge is 2.27. The SMILES string of the molecule is CCOC(=O)C(NC(=O)c1ccc(OC)cc1)C(C)=O.CCOC(=O)c1nc(-c2ccc(OC)cc2)oc1C. The van der Waals surface area contributed by atoms with Gasteiger partial charge >= 0.3 is 11.9 Å². The quantitative estimate of drug-likeness (QED) is 0.298. The van der Waals surface area contributed by atoms with E-state index in [2.05, 4.69) is 10.3 Å². The average molecular weight is 541 g/mol. The predicted octanol–water partition coefficient (Wildman–Crippen LogP) is 3.78. The summed E-state index contributed by atoms with van der Waals surface area (Å²) in [5, 5.41) is 2.35. The van der Waals surface area contributed by atoms with Gasteiger partial charge in [-0.25, -0.2) is 14.6 Å². The van der Waals surface area contributed by atoms with Gasteiger partial charge in [0.15, 0.2) is 17.5 Å². The number of rotatable bonds is 10. The Morgan fingerprint density at radius 1 is 0.872 bits per heavy atom.